The second kappa shape index (κ2) is 6.32. The van der Waals surface area contributed by atoms with Crippen LogP contribution >= 0.6 is 0 Å². The van der Waals surface area contributed by atoms with Crippen LogP contribution in [0.15, 0.2) is 24.3 Å². The molecule has 0 aliphatic carbocycles. The molecule has 0 fully saturated rings. The number of nitrogens with one attached hydrogen (secondary N) is 1. The van der Waals surface area contributed by atoms with Gasteiger partial charge in [-0.2, -0.15) is 5.10 Å². The number of benzene rings is 1. The molecule has 0 aliphatic rings. The molecular weight excluding hydrogens is 252 g/mol. The summed E-state index contributed by atoms with van der Waals surface area (Å²) in [5, 5.41) is 7.76. The SMILES string of the molecule is CCCc1nn(C)c(Nc2ccc(OCC)cc2)c1N. The van der Waals surface area contributed by atoms with Crippen LogP contribution in [0.5, 0.6) is 5.75 Å². The van der Waals surface area contributed by atoms with E-state index in [1.165, 1.54) is 0 Å². The molecule has 1 heterocycles. The number of rotatable bonds is 6. The second-order valence-corrected chi connectivity index (χ2v) is 4.66. The lowest BCUT2D eigenvalue weighted by Gasteiger charge is -2.09. The quantitative estimate of drug-likeness (QED) is 0.849. The molecule has 5 heteroatoms. The van der Waals surface area contributed by atoms with E-state index >= 15 is 0 Å². The Labute approximate surface area is 119 Å². The van der Waals surface area contributed by atoms with Gasteiger partial charge >= 0.3 is 0 Å². The molecule has 0 spiro atoms. The molecule has 108 valence electrons. The van der Waals surface area contributed by atoms with Crippen molar-refractivity contribution in [3.63, 3.8) is 0 Å². The normalized spacial score (nSPS) is 10.6. The zero-order valence-electron chi connectivity index (χ0n) is 12.3. The van der Waals surface area contributed by atoms with Crippen molar-refractivity contribution in [1.82, 2.24) is 9.78 Å². The van der Waals surface area contributed by atoms with Gasteiger partial charge in [0.25, 0.3) is 0 Å². The fraction of sp³-hybridized carbons (Fsp3) is 0.400. The molecule has 0 saturated carbocycles. The van der Waals surface area contributed by atoms with Gasteiger partial charge in [0.2, 0.25) is 0 Å². The lowest BCUT2D eigenvalue weighted by Crippen LogP contribution is -2.01. The van der Waals surface area contributed by atoms with Gasteiger partial charge in [0.05, 0.1) is 18.0 Å². The average molecular weight is 274 g/mol. The molecule has 0 atom stereocenters. The van der Waals surface area contributed by atoms with Gasteiger partial charge in [0, 0.05) is 12.7 Å². The third-order valence-electron chi connectivity index (χ3n) is 3.08. The van der Waals surface area contributed by atoms with Crippen LogP contribution in [0, 0.1) is 0 Å². The molecule has 0 amide bonds. The van der Waals surface area contributed by atoms with Crippen molar-refractivity contribution >= 4 is 17.2 Å². The number of nitrogen functional groups attached to an aromatic ring is 1. The Morgan fingerprint density at radius 2 is 1.95 bits per heavy atom. The van der Waals surface area contributed by atoms with E-state index in [-0.39, 0.29) is 0 Å². The van der Waals surface area contributed by atoms with Crippen LogP contribution in [-0.2, 0) is 13.5 Å². The first-order valence-corrected chi connectivity index (χ1v) is 6.97. The monoisotopic (exact) mass is 274 g/mol. The smallest absolute Gasteiger partial charge is 0.152 e. The standard InChI is InChI=1S/C15H22N4O/c1-4-6-13-14(16)15(19(3)18-13)17-11-7-9-12(10-8-11)20-5-2/h7-10,17H,4-6,16H2,1-3H3. The van der Waals surface area contributed by atoms with Crippen LogP contribution in [0.2, 0.25) is 0 Å². The molecule has 0 radical (unpaired) electrons. The van der Waals surface area contributed by atoms with Gasteiger partial charge in [-0.15, -0.1) is 0 Å². The lowest BCUT2D eigenvalue weighted by molar-refractivity contribution is 0.340. The Morgan fingerprint density at radius 3 is 2.55 bits per heavy atom. The van der Waals surface area contributed by atoms with E-state index in [1.54, 1.807) is 4.68 Å². The zero-order valence-corrected chi connectivity index (χ0v) is 12.3. The van der Waals surface area contributed by atoms with E-state index in [2.05, 4.69) is 17.3 Å². The van der Waals surface area contributed by atoms with Crippen LogP contribution in [0.3, 0.4) is 0 Å². The molecule has 20 heavy (non-hydrogen) atoms. The summed E-state index contributed by atoms with van der Waals surface area (Å²) in [5.74, 6) is 1.69. The van der Waals surface area contributed by atoms with Gasteiger partial charge in [-0.3, -0.25) is 4.68 Å². The maximum Gasteiger partial charge on any atom is 0.152 e. The molecular formula is C15H22N4O. The summed E-state index contributed by atoms with van der Waals surface area (Å²) in [4.78, 5) is 0. The van der Waals surface area contributed by atoms with Crippen molar-refractivity contribution in [2.75, 3.05) is 17.7 Å². The van der Waals surface area contributed by atoms with Gasteiger partial charge < -0.3 is 15.8 Å². The van der Waals surface area contributed by atoms with Gasteiger partial charge in [-0.05, 0) is 37.6 Å². The topological polar surface area (TPSA) is 65.1 Å². The minimum Gasteiger partial charge on any atom is -0.494 e. The maximum absolute atomic E-state index is 6.15. The molecule has 0 aliphatic heterocycles. The van der Waals surface area contributed by atoms with Crippen LogP contribution in [0.25, 0.3) is 0 Å². The molecule has 2 aromatic rings. The Bertz CT molecular complexity index is 560. The summed E-state index contributed by atoms with van der Waals surface area (Å²) in [7, 11) is 1.90. The predicted octanol–water partition coefficient (Wildman–Crippen LogP) is 3.10. The lowest BCUT2D eigenvalue weighted by atomic mass is 10.2. The van der Waals surface area contributed by atoms with E-state index < -0.39 is 0 Å². The van der Waals surface area contributed by atoms with Gasteiger partial charge in [0.15, 0.2) is 5.82 Å². The number of nitrogens with two attached hydrogens (primary N) is 1. The van der Waals surface area contributed by atoms with Crippen molar-refractivity contribution in [1.29, 1.82) is 0 Å². The van der Waals surface area contributed by atoms with Gasteiger partial charge in [0.1, 0.15) is 5.75 Å². The fourth-order valence-corrected chi connectivity index (χ4v) is 2.10. The van der Waals surface area contributed by atoms with Crippen molar-refractivity contribution in [2.45, 2.75) is 26.7 Å². The first kappa shape index (κ1) is 14.2. The number of nitrogens with zero attached hydrogens (tertiary/aromatic N) is 2. The third kappa shape index (κ3) is 3.04. The molecule has 1 aromatic carbocycles. The summed E-state index contributed by atoms with van der Waals surface area (Å²) in [6.45, 7) is 4.76. The van der Waals surface area contributed by atoms with Crippen LogP contribution in [0.1, 0.15) is 26.0 Å². The highest BCUT2D eigenvalue weighted by Gasteiger charge is 2.12. The molecule has 3 N–H and O–H groups in total. The third-order valence-corrected chi connectivity index (χ3v) is 3.08. The summed E-state index contributed by atoms with van der Waals surface area (Å²) in [6.07, 6.45) is 1.92. The zero-order chi connectivity index (χ0) is 14.5. The molecule has 0 unspecified atom stereocenters. The van der Waals surface area contributed by atoms with Crippen LogP contribution in [-0.4, -0.2) is 16.4 Å². The van der Waals surface area contributed by atoms with Crippen molar-refractivity contribution in [3.05, 3.63) is 30.0 Å². The van der Waals surface area contributed by atoms with Gasteiger partial charge in [-0.1, -0.05) is 13.3 Å². The Morgan fingerprint density at radius 1 is 1.25 bits per heavy atom. The second-order valence-electron chi connectivity index (χ2n) is 4.66. The summed E-state index contributed by atoms with van der Waals surface area (Å²) in [6, 6.07) is 7.81. The molecule has 2 rings (SSSR count). The maximum atomic E-state index is 6.15. The van der Waals surface area contributed by atoms with E-state index in [9.17, 15) is 0 Å². The number of ether oxygens (including phenoxy) is 1. The number of hydrogen-bond acceptors (Lipinski definition) is 4. The molecule has 0 saturated heterocycles. The van der Waals surface area contributed by atoms with Crippen molar-refractivity contribution in [2.24, 2.45) is 7.05 Å². The average Bonchev–Trinajstić information content (AvgIpc) is 2.69. The highest BCUT2D eigenvalue weighted by atomic mass is 16.5. The van der Waals surface area contributed by atoms with E-state index in [4.69, 9.17) is 10.5 Å². The van der Waals surface area contributed by atoms with Crippen molar-refractivity contribution < 1.29 is 4.74 Å². The van der Waals surface area contributed by atoms with E-state index in [0.717, 1.165) is 41.5 Å². The molecule has 0 bridgehead atoms. The summed E-state index contributed by atoms with van der Waals surface area (Å²) >= 11 is 0. The predicted molar refractivity (Wildman–Crippen MR) is 82.5 cm³/mol. The summed E-state index contributed by atoms with van der Waals surface area (Å²) in [5.41, 5.74) is 8.78. The molecule has 1 aromatic heterocycles. The summed E-state index contributed by atoms with van der Waals surface area (Å²) < 4.78 is 7.21. The van der Waals surface area contributed by atoms with Crippen molar-refractivity contribution in [3.8, 4) is 5.75 Å². The first-order chi connectivity index (χ1) is 9.65. The largest absolute Gasteiger partial charge is 0.494 e. The highest BCUT2D eigenvalue weighted by molar-refractivity contribution is 5.71. The number of aromatic nitrogens is 2. The van der Waals surface area contributed by atoms with E-state index in [0.29, 0.717) is 6.61 Å². The minimum atomic E-state index is 0.668. The number of anilines is 3. The minimum absolute atomic E-state index is 0.668. The fourth-order valence-electron chi connectivity index (χ4n) is 2.10. The van der Waals surface area contributed by atoms with Crippen LogP contribution in [0.4, 0.5) is 17.2 Å². The van der Waals surface area contributed by atoms with Crippen LogP contribution < -0.4 is 15.8 Å². The Kier molecular flexibility index (Phi) is 4.50. The first-order valence-electron chi connectivity index (χ1n) is 6.97. The van der Waals surface area contributed by atoms with E-state index in [1.807, 2.05) is 38.2 Å². The highest BCUT2D eigenvalue weighted by Crippen LogP contribution is 2.27. The number of aryl methyl sites for hydroxylation is 2. The number of hydrogen-bond donors (Lipinski definition) is 2. The van der Waals surface area contributed by atoms with Gasteiger partial charge in [-0.25, -0.2) is 0 Å². The molecule has 5 nitrogen and oxygen atoms in total. The Balaban J connectivity index is 2.17. The Hall–Kier alpha value is -2.17.